The van der Waals surface area contributed by atoms with E-state index in [1.807, 2.05) is 0 Å². The minimum Gasteiger partial charge on any atom is -0.353 e. The Morgan fingerprint density at radius 2 is 1.88 bits per heavy atom. The topological polar surface area (TPSA) is 82.0 Å². The molecule has 0 spiro atoms. The van der Waals surface area contributed by atoms with Crippen LogP contribution in [0.25, 0.3) is 0 Å². The number of benzene rings is 1. The molecule has 0 heterocycles. The maximum Gasteiger partial charge on any atom is 0.221 e. The molecule has 1 aromatic carbocycles. The van der Waals surface area contributed by atoms with Crippen molar-refractivity contribution < 1.29 is 18.4 Å². The molecule has 1 aromatic rings. The van der Waals surface area contributed by atoms with Crippen molar-refractivity contribution in [2.45, 2.75) is 50.6 Å². The fourth-order valence-electron chi connectivity index (χ4n) is 2.75. The van der Waals surface area contributed by atoms with Gasteiger partial charge >= 0.3 is 0 Å². The van der Waals surface area contributed by atoms with Gasteiger partial charge in [-0.15, -0.1) is 0 Å². The van der Waals surface area contributed by atoms with Crippen LogP contribution in [0.4, 0.5) is 8.78 Å². The van der Waals surface area contributed by atoms with E-state index in [9.17, 15) is 18.4 Å². The quantitative estimate of drug-likeness (QED) is 0.838. The predicted octanol–water partition coefficient (Wildman–Crippen LogP) is 2.48. The maximum atomic E-state index is 13.7. The lowest BCUT2D eigenvalue weighted by Crippen LogP contribution is -2.34. The van der Waals surface area contributed by atoms with Gasteiger partial charge in [-0.1, -0.05) is 18.9 Å². The van der Waals surface area contributed by atoms with E-state index in [1.54, 1.807) is 6.07 Å². The molecule has 2 rings (SSSR count). The van der Waals surface area contributed by atoms with Crippen molar-refractivity contribution in [3.8, 4) is 6.07 Å². The Bertz CT molecular complexity index is 652. The number of nitrogens with one attached hydrogen (secondary N) is 2. The summed E-state index contributed by atoms with van der Waals surface area (Å²) >= 11 is 0. The minimum absolute atomic E-state index is 0.00633. The molecule has 1 aliphatic rings. The molecule has 128 valence electrons. The molecule has 0 aliphatic heterocycles. The first kappa shape index (κ1) is 17.9. The number of halogens is 2. The molecule has 1 saturated carbocycles. The van der Waals surface area contributed by atoms with Crippen molar-refractivity contribution in [2.24, 2.45) is 0 Å². The molecule has 2 amide bonds. The number of hydrogen-bond donors (Lipinski definition) is 2. The molecule has 7 heteroatoms. The highest BCUT2D eigenvalue weighted by Gasteiger charge is 2.20. The van der Waals surface area contributed by atoms with Crippen molar-refractivity contribution >= 4 is 11.8 Å². The van der Waals surface area contributed by atoms with E-state index in [0.29, 0.717) is 6.07 Å². The van der Waals surface area contributed by atoms with Crippen LogP contribution in [0, 0.1) is 23.0 Å². The van der Waals surface area contributed by atoms with Crippen molar-refractivity contribution in [1.29, 1.82) is 5.26 Å². The number of amides is 2. The fraction of sp³-hybridized carbons (Fsp3) is 0.471. The summed E-state index contributed by atoms with van der Waals surface area (Å²) in [7, 11) is 0. The lowest BCUT2D eigenvalue weighted by molar-refractivity contribution is -0.127. The van der Waals surface area contributed by atoms with Crippen LogP contribution in [0.15, 0.2) is 18.2 Å². The third kappa shape index (κ3) is 5.01. The van der Waals surface area contributed by atoms with Crippen LogP contribution in [0.3, 0.4) is 0 Å². The predicted molar refractivity (Wildman–Crippen MR) is 82.5 cm³/mol. The molecule has 0 saturated heterocycles. The summed E-state index contributed by atoms with van der Waals surface area (Å²) in [5, 5.41) is 14.3. The van der Waals surface area contributed by atoms with Gasteiger partial charge in [0.25, 0.3) is 0 Å². The first-order valence-corrected chi connectivity index (χ1v) is 7.93. The third-order valence-corrected chi connectivity index (χ3v) is 4.01. The zero-order valence-corrected chi connectivity index (χ0v) is 13.1. The van der Waals surface area contributed by atoms with Crippen LogP contribution in [0.2, 0.25) is 0 Å². The zero-order chi connectivity index (χ0) is 17.5. The van der Waals surface area contributed by atoms with Gasteiger partial charge in [-0.05, 0) is 18.9 Å². The van der Waals surface area contributed by atoms with Crippen LogP contribution < -0.4 is 10.6 Å². The van der Waals surface area contributed by atoms with Gasteiger partial charge in [0.2, 0.25) is 11.8 Å². The smallest absolute Gasteiger partial charge is 0.221 e. The van der Waals surface area contributed by atoms with E-state index in [0.717, 1.165) is 37.8 Å². The van der Waals surface area contributed by atoms with Gasteiger partial charge in [-0.2, -0.15) is 5.26 Å². The summed E-state index contributed by atoms with van der Waals surface area (Å²) in [6.45, 7) is 0. The molecule has 1 fully saturated rings. The highest BCUT2D eigenvalue weighted by atomic mass is 19.1. The Hall–Kier alpha value is -2.49. The second kappa shape index (κ2) is 8.39. The van der Waals surface area contributed by atoms with E-state index in [1.165, 1.54) is 0 Å². The Morgan fingerprint density at radius 1 is 1.21 bits per heavy atom. The maximum absolute atomic E-state index is 13.7. The van der Waals surface area contributed by atoms with Gasteiger partial charge in [0.1, 0.15) is 17.7 Å². The second-order valence-electron chi connectivity index (χ2n) is 5.84. The van der Waals surface area contributed by atoms with Gasteiger partial charge in [-0.25, -0.2) is 8.78 Å². The average molecular weight is 335 g/mol. The second-order valence-corrected chi connectivity index (χ2v) is 5.84. The Balaban J connectivity index is 1.83. The first-order chi connectivity index (χ1) is 11.5. The zero-order valence-electron chi connectivity index (χ0n) is 13.1. The molecular weight excluding hydrogens is 316 g/mol. The van der Waals surface area contributed by atoms with Crippen LogP contribution >= 0.6 is 0 Å². The van der Waals surface area contributed by atoms with Gasteiger partial charge in [-0.3, -0.25) is 9.59 Å². The highest BCUT2D eigenvalue weighted by molar-refractivity contribution is 5.84. The molecule has 1 aliphatic carbocycles. The summed E-state index contributed by atoms with van der Waals surface area (Å²) in [5.41, 5.74) is -0.109. The molecule has 5 nitrogen and oxygen atoms in total. The van der Waals surface area contributed by atoms with E-state index < -0.39 is 23.6 Å². The lowest BCUT2D eigenvalue weighted by atomic mass is 10.1. The molecule has 0 radical (unpaired) electrons. The van der Waals surface area contributed by atoms with Crippen LogP contribution in [-0.2, 0) is 9.59 Å². The SMILES string of the molecule is N#C[C@H](NC(=O)CCC(=O)NC1CCCC1)c1ccc(F)cc1F. The van der Waals surface area contributed by atoms with Gasteiger partial charge < -0.3 is 10.6 Å². The molecule has 0 unspecified atom stereocenters. The lowest BCUT2D eigenvalue weighted by Gasteiger charge is -2.14. The van der Waals surface area contributed by atoms with E-state index in [-0.39, 0.29) is 30.4 Å². The molecule has 1 atom stereocenters. The van der Waals surface area contributed by atoms with Gasteiger partial charge in [0.05, 0.1) is 6.07 Å². The number of hydrogen-bond acceptors (Lipinski definition) is 3. The normalized spacial score (nSPS) is 15.5. The molecular formula is C17H19F2N3O2. The molecule has 0 bridgehead atoms. The largest absolute Gasteiger partial charge is 0.353 e. The highest BCUT2D eigenvalue weighted by Crippen LogP contribution is 2.19. The number of nitriles is 1. The van der Waals surface area contributed by atoms with Crippen molar-refractivity contribution in [3.63, 3.8) is 0 Å². The van der Waals surface area contributed by atoms with Crippen molar-refractivity contribution in [2.75, 3.05) is 0 Å². The van der Waals surface area contributed by atoms with Gasteiger partial charge in [0.15, 0.2) is 0 Å². The van der Waals surface area contributed by atoms with Crippen molar-refractivity contribution in [1.82, 2.24) is 10.6 Å². The minimum atomic E-state index is -1.23. The summed E-state index contributed by atoms with van der Waals surface area (Å²) in [6.07, 6.45) is 4.01. The van der Waals surface area contributed by atoms with Gasteiger partial charge in [0, 0.05) is 30.5 Å². The average Bonchev–Trinajstić information content (AvgIpc) is 3.04. The number of nitrogens with zero attached hydrogens (tertiary/aromatic N) is 1. The Kier molecular flexibility index (Phi) is 6.24. The molecule has 24 heavy (non-hydrogen) atoms. The number of carbonyl (C=O) groups excluding carboxylic acids is 2. The molecule has 0 aromatic heterocycles. The van der Waals surface area contributed by atoms with E-state index in [2.05, 4.69) is 10.6 Å². The first-order valence-electron chi connectivity index (χ1n) is 7.93. The van der Waals surface area contributed by atoms with Crippen LogP contribution in [-0.4, -0.2) is 17.9 Å². The number of rotatable bonds is 6. The monoisotopic (exact) mass is 335 g/mol. The number of carbonyl (C=O) groups is 2. The third-order valence-electron chi connectivity index (χ3n) is 4.01. The van der Waals surface area contributed by atoms with Crippen molar-refractivity contribution in [3.05, 3.63) is 35.4 Å². The van der Waals surface area contributed by atoms with E-state index >= 15 is 0 Å². The summed E-state index contributed by atoms with van der Waals surface area (Å²) < 4.78 is 26.6. The molecule has 2 N–H and O–H groups in total. The summed E-state index contributed by atoms with van der Waals surface area (Å²) in [6, 6.07) is 3.50. The standard InChI is InChI=1S/C17H19F2N3O2/c18-11-5-6-13(14(19)9-11)15(10-20)22-17(24)8-7-16(23)21-12-3-1-2-4-12/h5-6,9,12,15H,1-4,7-8H2,(H,21,23)(H,22,24)/t15-/m0/s1. The summed E-state index contributed by atoms with van der Waals surface area (Å²) in [5.74, 6) is -2.41. The van der Waals surface area contributed by atoms with Crippen LogP contribution in [0.1, 0.15) is 50.1 Å². The summed E-state index contributed by atoms with van der Waals surface area (Å²) in [4.78, 5) is 23.6. The van der Waals surface area contributed by atoms with Crippen LogP contribution in [0.5, 0.6) is 0 Å². The Morgan fingerprint density at radius 3 is 2.50 bits per heavy atom. The fourth-order valence-corrected chi connectivity index (χ4v) is 2.75. The Labute approximate surface area is 139 Å². The van der Waals surface area contributed by atoms with E-state index in [4.69, 9.17) is 5.26 Å².